The minimum Gasteiger partial charge on any atom is -0.341 e. The van der Waals surface area contributed by atoms with Crippen molar-refractivity contribution >= 4 is 21.9 Å². The molecule has 1 fully saturated rings. The number of nitrogens with zero attached hydrogens (tertiary/aromatic N) is 4. The quantitative estimate of drug-likeness (QED) is 0.772. The van der Waals surface area contributed by atoms with Crippen molar-refractivity contribution in [1.82, 2.24) is 9.97 Å². The van der Waals surface area contributed by atoms with Crippen LogP contribution in [-0.4, -0.2) is 23.1 Å². The third-order valence-corrected chi connectivity index (χ3v) is 5.77. The molecule has 0 unspecified atom stereocenters. The van der Waals surface area contributed by atoms with Gasteiger partial charge >= 0.3 is 0 Å². The van der Waals surface area contributed by atoms with Gasteiger partial charge in [-0.1, -0.05) is 24.3 Å². The number of aromatic nitrogens is 2. The summed E-state index contributed by atoms with van der Waals surface area (Å²) in [6.45, 7) is 1.92. The highest BCUT2D eigenvalue weighted by molar-refractivity contribution is 9.10. The van der Waals surface area contributed by atoms with Crippen molar-refractivity contribution in [3.05, 3.63) is 51.8 Å². The first-order chi connectivity index (χ1) is 11.2. The van der Waals surface area contributed by atoms with Crippen LogP contribution in [0.3, 0.4) is 0 Å². The summed E-state index contributed by atoms with van der Waals surface area (Å²) in [5.74, 6) is 0.676. The first-order valence-corrected chi connectivity index (χ1v) is 8.73. The molecule has 23 heavy (non-hydrogen) atoms. The van der Waals surface area contributed by atoms with Gasteiger partial charge in [0.15, 0.2) is 5.69 Å². The number of nitriles is 1. The van der Waals surface area contributed by atoms with Crippen LogP contribution in [-0.2, 0) is 12.8 Å². The summed E-state index contributed by atoms with van der Waals surface area (Å²) in [6, 6.07) is 10.9. The van der Waals surface area contributed by atoms with Gasteiger partial charge in [-0.2, -0.15) is 5.26 Å². The molecule has 2 heterocycles. The summed E-state index contributed by atoms with van der Waals surface area (Å²) >= 11 is 3.31. The van der Waals surface area contributed by atoms with Crippen LogP contribution in [0.4, 0.5) is 5.95 Å². The molecular formula is C18H17BrN4. The van der Waals surface area contributed by atoms with E-state index in [2.05, 4.69) is 61.1 Å². The SMILES string of the molecule is N#Cc1nc(N2CCC3(CC2)Cc2ccccc2C3)ncc1Br. The fourth-order valence-electron chi connectivity index (χ4n) is 3.90. The second-order valence-electron chi connectivity index (χ2n) is 6.59. The summed E-state index contributed by atoms with van der Waals surface area (Å²) in [6.07, 6.45) is 6.38. The topological polar surface area (TPSA) is 52.8 Å². The average Bonchev–Trinajstić information content (AvgIpc) is 2.94. The summed E-state index contributed by atoms with van der Waals surface area (Å²) < 4.78 is 0.656. The Labute approximate surface area is 144 Å². The number of anilines is 1. The van der Waals surface area contributed by atoms with Crippen LogP contribution < -0.4 is 4.90 Å². The highest BCUT2D eigenvalue weighted by atomic mass is 79.9. The van der Waals surface area contributed by atoms with Crippen molar-refractivity contribution in [2.75, 3.05) is 18.0 Å². The van der Waals surface area contributed by atoms with Crippen molar-refractivity contribution in [2.24, 2.45) is 5.41 Å². The number of benzene rings is 1. The Hall–Kier alpha value is -1.93. The van der Waals surface area contributed by atoms with Crippen molar-refractivity contribution in [1.29, 1.82) is 5.26 Å². The Morgan fingerprint density at radius 1 is 1.13 bits per heavy atom. The maximum Gasteiger partial charge on any atom is 0.226 e. The van der Waals surface area contributed by atoms with E-state index in [9.17, 15) is 0 Å². The second-order valence-corrected chi connectivity index (χ2v) is 7.44. The van der Waals surface area contributed by atoms with Crippen LogP contribution in [0, 0.1) is 16.7 Å². The van der Waals surface area contributed by atoms with Gasteiger partial charge in [-0.25, -0.2) is 9.97 Å². The zero-order chi connectivity index (χ0) is 15.9. The number of hydrogen-bond acceptors (Lipinski definition) is 4. The minimum atomic E-state index is 0.406. The van der Waals surface area contributed by atoms with Gasteiger partial charge in [0.1, 0.15) is 6.07 Å². The van der Waals surface area contributed by atoms with E-state index in [-0.39, 0.29) is 0 Å². The monoisotopic (exact) mass is 368 g/mol. The fraction of sp³-hybridized carbons (Fsp3) is 0.389. The number of rotatable bonds is 1. The molecule has 0 bridgehead atoms. The van der Waals surface area contributed by atoms with Crippen molar-refractivity contribution in [2.45, 2.75) is 25.7 Å². The van der Waals surface area contributed by atoms with Crippen LogP contribution in [0.2, 0.25) is 0 Å². The van der Waals surface area contributed by atoms with E-state index >= 15 is 0 Å². The lowest BCUT2D eigenvalue weighted by Gasteiger charge is -2.39. The van der Waals surface area contributed by atoms with Crippen molar-refractivity contribution in [3.8, 4) is 6.07 Å². The van der Waals surface area contributed by atoms with Gasteiger partial charge in [0, 0.05) is 19.3 Å². The normalized spacial score (nSPS) is 18.7. The molecule has 1 aromatic carbocycles. The zero-order valence-corrected chi connectivity index (χ0v) is 14.4. The standard InChI is InChI=1S/C18H17BrN4/c19-15-12-21-17(22-16(15)11-20)23-7-5-18(6-8-23)9-13-3-1-2-4-14(13)10-18/h1-4,12H,5-10H2. The molecule has 4 rings (SSSR count). The van der Waals surface area contributed by atoms with E-state index in [1.54, 1.807) is 6.20 Å². The van der Waals surface area contributed by atoms with Gasteiger partial charge in [0.2, 0.25) is 5.95 Å². The molecule has 1 aliphatic carbocycles. The van der Waals surface area contributed by atoms with Crippen LogP contribution in [0.25, 0.3) is 0 Å². The Morgan fingerprint density at radius 3 is 2.39 bits per heavy atom. The first-order valence-electron chi connectivity index (χ1n) is 7.94. The van der Waals surface area contributed by atoms with Crippen molar-refractivity contribution < 1.29 is 0 Å². The van der Waals surface area contributed by atoms with Gasteiger partial charge in [0.25, 0.3) is 0 Å². The molecule has 0 N–H and O–H groups in total. The van der Waals surface area contributed by atoms with Gasteiger partial charge < -0.3 is 4.90 Å². The first kappa shape index (κ1) is 14.6. The Balaban J connectivity index is 1.49. The lowest BCUT2D eigenvalue weighted by Crippen LogP contribution is -2.41. The molecule has 0 radical (unpaired) electrons. The molecular weight excluding hydrogens is 352 g/mol. The van der Waals surface area contributed by atoms with E-state index in [0.29, 0.717) is 21.5 Å². The average molecular weight is 369 g/mol. The Morgan fingerprint density at radius 2 is 1.78 bits per heavy atom. The maximum absolute atomic E-state index is 9.12. The summed E-state index contributed by atoms with van der Waals surface area (Å²) in [7, 11) is 0. The maximum atomic E-state index is 9.12. The van der Waals surface area contributed by atoms with Crippen molar-refractivity contribution in [3.63, 3.8) is 0 Å². The molecule has 0 atom stereocenters. The highest BCUT2D eigenvalue weighted by Crippen LogP contribution is 2.44. The molecule has 1 aromatic heterocycles. The summed E-state index contributed by atoms with van der Waals surface area (Å²) in [4.78, 5) is 11.0. The molecule has 2 aliphatic rings. The number of fused-ring (bicyclic) bond motifs is 1. The molecule has 1 spiro atoms. The summed E-state index contributed by atoms with van der Waals surface area (Å²) in [5, 5.41) is 9.12. The van der Waals surface area contributed by atoms with E-state index in [1.807, 2.05) is 0 Å². The molecule has 0 saturated carbocycles. The number of halogens is 1. The van der Waals surface area contributed by atoms with Gasteiger partial charge in [-0.05, 0) is 58.2 Å². The van der Waals surface area contributed by atoms with E-state index in [4.69, 9.17) is 5.26 Å². The van der Waals surface area contributed by atoms with E-state index in [1.165, 1.54) is 24.0 Å². The van der Waals surface area contributed by atoms with E-state index in [0.717, 1.165) is 25.9 Å². The molecule has 5 heteroatoms. The van der Waals surface area contributed by atoms with Crippen LogP contribution in [0.5, 0.6) is 0 Å². The molecule has 0 amide bonds. The minimum absolute atomic E-state index is 0.406. The van der Waals surface area contributed by atoms with Gasteiger partial charge in [-0.3, -0.25) is 0 Å². The Bertz CT molecular complexity index is 761. The van der Waals surface area contributed by atoms with Gasteiger partial charge in [-0.15, -0.1) is 0 Å². The smallest absolute Gasteiger partial charge is 0.226 e. The molecule has 1 saturated heterocycles. The second kappa shape index (κ2) is 5.61. The third-order valence-electron chi connectivity index (χ3n) is 5.19. The largest absolute Gasteiger partial charge is 0.341 e. The summed E-state index contributed by atoms with van der Waals surface area (Å²) in [5.41, 5.74) is 3.86. The predicted octanol–water partition coefficient (Wildman–Crippen LogP) is 3.50. The van der Waals surface area contributed by atoms with Crippen LogP contribution in [0.15, 0.2) is 34.9 Å². The number of piperidine rings is 1. The van der Waals surface area contributed by atoms with E-state index < -0.39 is 0 Å². The fourth-order valence-corrected chi connectivity index (χ4v) is 4.18. The molecule has 116 valence electrons. The molecule has 1 aliphatic heterocycles. The van der Waals surface area contributed by atoms with Crippen LogP contribution >= 0.6 is 15.9 Å². The lowest BCUT2D eigenvalue weighted by molar-refractivity contribution is 0.231. The highest BCUT2D eigenvalue weighted by Gasteiger charge is 2.40. The predicted molar refractivity (Wildman–Crippen MR) is 92.2 cm³/mol. The molecule has 2 aromatic rings. The Kier molecular flexibility index (Phi) is 3.57. The third kappa shape index (κ3) is 2.61. The lowest BCUT2D eigenvalue weighted by atomic mass is 9.76. The number of hydrogen-bond donors (Lipinski definition) is 0. The van der Waals surface area contributed by atoms with Gasteiger partial charge in [0.05, 0.1) is 4.47 Å². The van der Waals surface area contributed by atoms with Crippen LogP contribution in [0.1, 0.15) is 29.7 Å². The zero-order valence-electron chi connectivity index (χ0n) is 12.8. The molecule has 4 nitrogen and oxygen atoms in total.